The third-order valence-corrected chi connectivity index (χ3v) is 6.25. The molecule has 2 heterocycles. The second-order valence-electron chi connectivity index (χ2n) is 8.99. The van der Waals surface area contributed by atoms with Crippen LogP contribution in [0, 0.1) is 5.92 Å². The summed E-state index contributed by atoms with van der Waals surface area (Å²) < 4.78 is 31.6. The molecule has 1 unspecified atom stereocenters. The Morgan fingerprint density at radius 3 is 2.51 bits per heavy atom. The molecule has 7 nitrogen and oxygen atoms in total. The van der Waals surface area contributed by atoms with Crippen LogP contribution in [0.25, 0.3) is 0 Å². The molecule has 2 aliphatic rings. The number of nitrogens with zero attached hydrogens (tertiary/aromatic N) is 3. The first-order chi connectivity index (χ1) is 16.9. The van der Waals surface area contributed by atoms with E-state index in [4.69, 9.17) is 4.74 Å². The van der Waals surface area contributed by atoms with Crippen molar-refractivity contribution in [1.29, 1.82) is 0 Å². The van der Waals surface area contributed by atoms with E-state index in [1.54, 1.807) is 12.1 Å². The van der Waals surface area contributed by atoms with Crippen LogP contribution in [0.15, 0.2) is 61.2 Å². The molecule has 1 aliphatic carbocycles. The van der Waals surface area contributed by atoms with Crippen LogP contribution < -0.4 is 10.1 Å². The quantitative estimate of drug-likeness (QED) is 0.532. The number of carbonyl (C=O) groups excluding carboxylic acids is 2. The molecule has 3 aromatic rings. The monoisotopic (exact) mass is 478 g/mol. The molecule has 1 fully saturated rings. The summed E-state index contributed by atoms with van der Waals surface area (Å²) in [5, 5.41) is 2.84. The highest BCUT2D eigenvalue weighted by Crippen LogP contribution is 2.48. The smallest absolute Gasteiger partial charge is 0.255 e. The van der Waals surface area contributed by atoms with Gasteiger partial charge in [-0.3, -0.25) is 14.5 Å². The van der Waals surface area contributed by atoms with Crippen LogP contribution in [-0.2, 0) is 19.6 Å². The Bertz CT molecular complexity index is 1240. The highest BCUT2D eigenvalue weighted by atomic mass is 19.3. The topological polar surface area (TPSA) is 84.4 Å². The van der Waals surface area contributed by atoms with E-state index >= 15 is 0 Å². The van der Waals surface area contributed by atoms with Crippen LogP contribution in [0.1, 0.15) is 43.8 Å². The van der Waals surface area contributed by atoms with Gasteiger partial charge in [0.1, 0.15) is 12.1 Å². The number of rotatable bonds is 8. The normalized spacial score (nSPS) is 18.6. The molecule has 2 aromatic carbocycles. The largest absolute Gasteiger partial charge is 0.493 e. The average Bonchev–Trinajstić information content (AvgIpc) is 3.49. The number of hydrogen-bond acceptors (Lipinski definition) is 6. The Hall–Kier alpha value is -3.72. The van der Waals surface area contributed by atoms with E-state index in [2.05, 4.69) is 20.2 Å². The molecule has 1 aliphatic heterocycles. The zero-order valence-electron chi connectivity index (χ0n) is 18.9. The van der Waals surface area contributed by atoms with Crippen LogP contribution in [0.5, 0.6) is 5.75 Å². The lowest BCUT2D eigenvalue weighted by molar-refractivity contribution is 0.0848. The lowest BCUT2D eigenvalue weighted by Crippen LogP contribution is -2.34. The van der Waals surface area contributed by atoms with E-state index < -0.39 is 11.8 Å². The van der Waals surface area contributed by atoms with Crippen molar-refractivity contribution in [2.75, 3.05) is 13.2 Å². The van der Waals surface area contributed by atoms with Gasteiger partial charge in [0.2, 0.25) is 0 Å². The van der Waals surface area contributed by atoms with Gasteiger partial charge < -0.3 is 10.1 Å². The summed E-state index contributed by atoms with van der Waals surface area (Å²) in [6.45, 7) is 1.83. The lowest BCUT2D eigenvalue weighted by Gasteiger charge is -2.28. The number of ether oxygens (including phenoxy) is 1. The van der Waals surface area contributed by atoms with E-state index in [0.29, 0.717) is 36.5 Å². The maximum atomic E-state index is 13.1. The summed E-state index contributed by atoms with van der Waals surface area (Å²) in [6, 6.07) is 13.1. The van der Waals surface area contributed by atoms with Crippen LogP contribution in [0.2, 0.25) is 0 Å². The molecule has 9 heteroatoms. The van der Waals surface area contributed by atoms with Gasteiger partial charge in [0.05, 0.1) is 24.6 Å². The number of alkyl halides is 2. The standard InChI is InChI=1S/C26H24F2N4O3/c27-26(28)8-21(26)15-35-22-6-5-19-13-32(14-24(33)23(19)7-22)12-18-3-1-17(2-4-18)9-31-25(34)20-10-29-16-30-11-20/h1-7,10-11,16,21H,8-9,12-15H2,(H,31,34). The van der Waals surface area contributed by atoms with Crippen molar-refractivity contribution in [3.05, 3.63) is 89.0 Å². The van der Waals surface area contributed by atoms with E-state index in [1.165, 1.54) is 18.7 Å². The van der Waals surface area contributed by atoms with E-state index in [9.17, 15) is 18.4 Å². The number of aromatic nitrogens is 2. The van der Waals surface area contributed by atoms with Crippen molar-refractivity contribution >= 4 is 11.7 Å². The number of ketones is 1. The molecule has 5 rings (SSSR count). The van der Waals surface area contributed by atoms with Gasteiger partial charge in [-0.25, -0.2) is 18.7 Å². The number of Topliss-reactive ketones (excluding diaryl/α,β-unsaturated/α-hetero) is 1. The Kier molecular flexibility index (Phi) is 6.25. The van der Waals surface area contributed by atoms with Crippen LogP contribution >= 0.6 is 0 Å². The lowest BCUT2D eigenvalue weighted by atomic mass is 9.97. The minimum Gasteiger partial charge on any atom is -0.493 e. The van der Waals surface area contributed by atoms with Gasteiger partial charge in [0, 0.05) is 44.0 Å². The molecule has 1 atom stereocenters. The predicted molar refractivity (Wildman–Crippen MR) is 123 cm³/mol. The predicted octanol–water partition coefficient (Wildman–Crippen LogP) is 3.64. The number of hydrogen-bond donors (Lipinski definition) is 1. The first kappa shape index (κ1) is 23.0. The minimum atomic E-state index is -2.62. The maximum Gasteiger partial charge on any atom is 0.255 e. The molecule has 1 aromatic heterocycles. The van der Waals surface area contributed by atoms with Crippen LogP contribution in [-0.4, -0.2) is 45.6 Å². The summed E-state index contributed by atoms with van der Waals surface area (Å²) >= 11 is 0. The third-order valence-electron chi connectivity index (χ3n) is 6.25. The van der Waals surface area contributed by atoms with Gasteiger partial charge >= 0.3 is 0 Å². The Morgan fingerprint density at radius 1 is 1.09 bits per heavy atom. The molecular formula is C26H24F2N4O3. The molecular weight excluding hydrogens is 454 g/mol. The highest BCUT2D eigenvalue weighted by Gasteiger charge is 2.57. The van der Waals surface area contributed by atoms with Crippen molar-refractivity contribution in [3.8, 4) is 5.75 Å². The fourth-order valence-corrected chi connectivity index (χ4v) is 4.11. The fourth-order valence-electron chi connectivity index (χ4n) is 4.11. The van der Waals surface area contributed by atoms with Crippen molar-refractivity contribution < 1.29 is 23.1 Å². The van der Waals surface area contributed by atoms with Crippen LogP contribution in [0.4, 0.5) is 8.78 Å². The van der Waals surface area contributed by atoms with Crippen LogP contribution in [0.3, 0.4) is 0 Å². The average molecular weight is 478 g/mol. The number of benzene rings is 2. The van der Waals surface area contributed by atoms with E-state index in [1.807, 2.05) is 30.3 Å². The molecule has 1 N–H and O–H groups in total. The van der Waals surface area contributed by atoms with E-state index in [-0.39, 0.29) is 31.3 Å². The Labute approximate surface area is 201 Å². The fraction of sp³-hybridized carbons (Fsp3) is 0.308. The van der Waals surface area contributed by atoms with Crippen molar-refractivity contribution in [2.24, 2.45) is 5.92 Å². The number of fused-ring (bicyclic) bond motifs is 1. The summed E-state index contributed by atoms with van der Waals surface area (Å²) in [5.41, 5.74) is 3.90. The maximum absolute atomic E-state index is 13.1. The van der Waals surface area contributed by atoms with Crippen molar-refractivity contribution in [3.63, 3.8) is 0 Å². The van der Waals surface area contributed by atoms with Crippen molar-refractivity contribution in [1.82, 2.24) is 20.2 Å². The molecule has 0 saturated heterocycles. The number of amides is 1. The van der Waals surface area contributed by atoms with Gasteiger partial charge in [0.25, 0.3) is 11.8 Å². The Morgan fingerprint density at radius 2 is 1.80 bits per heavy atom. The number of nitrogens with one attached hydrogen (secondary N) is 1. The second kappa shape index (κ2) is 9.50. The molecule has 0 radical (unpaired) electrons. The van der Waals surface area contributed by atoms with Gasteiger partial charge in [-0.1, -0.05) is 30.3 Å². The summed E-state index contributed by atoms with van der Waals surface area (Å²) in [5.74, 6) is -3.15. The first-order valence-corrected chi connectivity index (χ1v) is 11.4. The summed E-state index contributed by atoms with van der Waals surface area (Å²) in [4.78, 5) is 34.6. The minimum absolute atomic E-state index is 0.0160. The SMILES string of the molecule is O=C(NCc1ccc(CN2CC(=O)c3cc(OCC4CC4(F)F)ccc3C2)cc1)c1cncnc1. The van der Waals surface area contributed by atoms with Gasteiger partial charge in [0.15, 0.2) is 5.78 Å². The Balaban J connectivity index is 1.14. The zero-order valence-corrected chi connectivity index (χ0v) is 18.9. The summed E-state index contributed by atoms with van der Waals surface area (Å²) in [7, 11) is 0. The number of carbonyl (C=O) groups is 2. The molecule has 0 spiro atoms. The van der Waals surface area contributed by atoms with Gasteiger partial charge in [-0.2, -0.15) is 0 Å². The van der Waals surface area contributed by atoms with Gasteiger partial charge in [-0.15, -0.1) is 0 Å². The zero-order chi connectivity index (χ0) is 24.4. The highest BCUT2D eigenvalue weighted by molar-refractivity contribution is 6.00. The molecule has 0 bridgehead atoms. The summed E-state index contributed by atoms with van der Waals surface area (Å²) in [6.07, 6.45) is 4.17. The van der Waals surface area contributed by atoms with Crippen molar-refractivity contribution in [2.45, 2.75) is 32.0 Å². The second-order valence-corrected chi connectivity index (χ2v) is 8.99. The molecule has 1 amide bonds. The molecule has 180 valence electrons. The number of halogens is 2. The third kappa shape index (κ3) is 5.51. The molecule has 1 saturated carbocycles. The first-order valence-electron chi connectivity index (χ1n) is 11.4. The van der Waals surface area contributed by atoms with E-state index in [0.717, 1.165) is 16.7 Å². The molecule has 35 heavy (non-hydrogen) atoms. The van der Waals surface area contributed by atoms with Gasteiger partial charge in [-0.05, 0) is 28.8 Å².